The lowest BCUT2D eigenvalue weighted by molar-refractivity contribution is -0.195. The highest BCUT2D eigenvalue weighted by Crippen LogP contribution is 2.44. The molecule has 2 aliphatic heterocycles. The van der Waals surface area contributed by atoms with Crippen LogP contribution in [0.1, 0.15) is 34.6 Å². The Morgan fingerprint density at radius 1 is 1.26 bits per heavy atom. The Morgan fingerprint density at radius 3 is 2.11 bits per heavy atom. The van der Waals surface area contributed by atoms with Gasteiger partial charge < -0.3 is 14.5 Å². The van der Waals surface area contributed by atoms with E-state index in [0.29, 0.717) is 0 Å². The Balaban J connectivity index is 2.18. The second-order valence-corrected chi connectivity index (χ2v) is 11.2. The molecular formula is C14H27NO3Si. The monoisotopic (exact) mass is 285 g/mol. The topological polar surface area (TPSA) is 47.6 Å². The van der Waals surface area contributed by atoms with Crippen LogP contribution in [0, 0.1) is 5.41 Å². The molecule has 1 amide bonds. The molecule has 0 spiro atoms. The summed E-state index contributed by atoms with van der Waals surface area (Å²) in [4.78, 5) is 12.1. The Morgan fingerprint density at radius 2 is 1.79 bits per heavy atom. The molecule has 0 aromatic rings. The smallest absolute Gasteiger partial charge is 0.253 e. The molecule has 0 aromatic carbocycles. The summed E-state index contributed by atoms with van der Waals surface area (Å²) in [6.07, 6.45) is 0. The van der Waals surface area contributed by atoms with Gasteiger partial charge in [-0.1, -0.05) is 27.7 Å². The van der Waals surface area contributed by atoms with Crippen LogP contribution in [0.25, 0.3) is 0 Å². The highest BCUT2D eigenvalue weighted by atomic mass is 28.4. The second kappa shape index (κ2) is 4.86. The summed E-state index contributed by atoms with van der Waals surface area (Å²) in [5, 5.41) is 3.05. The molecule has 0 saturated carbocycles. The van der Waals surface area contributed by atoms with Gasteiger partial charge in [0.2, 0.25) is 0 Å². The fraction of sp³-hybridized carbons (Fsp3) is 0.929. The lowest BCUT2D eigenvalue weighted by Gasteiger charge is -2.59. The van der Waals surface area contributed by atoms with E-state index in [0.717, 1.165) is 31.3 Å². The summed E-state index contributed by atoms with van der Waals surface area (Å²) in [7, 11) is -1.78. The van der Waals surface area contributed by atoms with Crippen LogP contribution in [0.15, 0.2) is 0 Å². The molecule has 0 unspecified atom stereocenters. The summed E-state index contributed by atoms with van der Waals surface area (Å²) >= 11 is 0. The lowest BCUT2D eigenvalue weighted by Crippen LogP contribution is -2.81. The van der Waals surface area contributed by atoms with Gasteiger partial charge in [0, 0.05) is 5.41 Å². The molecule has 2 fully saturated rings. The van der Waals surface area contributed by atoms with Gasteiger partial charge >= 0.3 is 0 Å². The highest BCUT2D eigenvalue weighted by molar-refractivity contribution is 6.73. The van der Waals surface area contributed by atoms with E-state index in [1.54, 1.807) is 0 Å². The van der Waals surface area contributed by atoms with Crippen LogP contribution in [0.2, 0.25) is 18.1 Å². The third-order valence-electron chi connectivity index (χ3n) is 5.20. The van der Waals surface area contributed by atoms with E-state index < -0.39 is 13.9 Å². The Labute approximate surface area is 117 Å². The van der Waals surface area contributed by atoms with E-state index in [2.05, 4.69) is 33.0 Å². The summed E-state index contributed by atoms with van der Waals surface area (Å²) in [6, 6.07) is 3.31. The summed E-state index contributed by atoms with van der Waals surface area (Å²) in [5.74, 6) is 0.0536. The van der Waals surface area contributed by atoms with Crippen LogP contribution in [-0.4, -0.2) is 39.1 Å². The van der Waals surface area contributed by atoms with E-state index >= 15 is 0 Å². The van der Waals surface area contributed by atoms with Gasteiger partial charge in [0.15, 0.2) is 13.9 Å². The quantitative estimate of drug-likeness (QED) is 0.602. The number of amides is 1. The minimum absolute atomic E-state index is 0.0397. The summed E-state index contributed by atoms with van der Waals surface area (Å²) < 4.78 is 11.9. The third kappa shape index (κ3) is 2.16. The average Bonchev–Trinajstić information content (AvgIpc) is 2.39. The van der Waals surface area contributed by atoms with Crippen molar-refractivity contribution in [2.75, 3.05) is 13.2 Å². The molecule has 2 atom stereocenters. The van der Waals surface area contributed by atoms with Gasteiger partial charge in [-0.2, -0.15) is 0 Å². The Kier molecular flexibility index (Phi) is 3.84. The predicted molar refractivity (Wildman–Crippen MR) is 77.5 cm³/mol. The van der Waals surface area contributed by atoms with Gasteiger partial charge in [-0.05, 0) is 25.1 Å². The van der Waals surface area contributed by atoms with Crippen molar-refractivity contribution in [2.24, 2.45) is 5.41 Å². The normalized spacial score (nSPS) is 33.3. The molecule has 0 radical (unpaired) electrons. The van der Waals surface area contributed by atoms with Crippen molar-refractivity contribution in [3.05, 3.63) is 0 Å². The fourth-order valence-electron chi connectivity index (χ4n) is 3.42. The third-order valence-corrected chi connectivity index (χ3v) is 9.92. The molecular weight excluding hydrogens is 258 g/mol. The Hall–Kier alpha value is -0.393. The van der Waals surface area contributed by atoms with Gasteiger partial charge in [0.05, 0.1) is 19.3 Å². The van der Waals surface area contributed by atoms with Crippen molar-refractivity contribution < 1.29 is 14.0 Å². The standard InChI is InChI=1S/C14H27NO3Si/c1-6-19(7-2,8-3)18-14(5)11(15-12(14)16)13(4)9-17-10-13/h11H,6-10H2,1-5H3,(H,15,16)/t11-,14+/m0/s1. The number of nitrogens with one attached hydrogen (secondary N) is 1. The van der Waals surface area contributed by atoms with Crippen molar-refractivity contribution in [3.8, 4) is 0 Å². The molecule has 0 aliphatic carbocycles. The first-order chi connectivity index (χ1) is 8.86. The van der Waals surface area contributed by atoms with Gasteiger partial charge in [-0.25, -0.2) is 0 Å². The van der Waals surface area contributed by atoms with E-state index in [4.69, 9.17) is 9.16 Å². The molecule has 0 bridgehead atoms. The van der Waals surface area contributed by atoms with Gasteiger partial charge in [0.1, 0.15) is 0 Å². The predicted octanol–water partition coefficient (Wildman–Crippen LogP) is 2.30. The molecule has 2 heterocycles. The minimum atomic E-state index is -1.78. The van der Waals surface area contributed by atoms with Crippen molar-refractivity contribution in [1.29, 1.82) is 0 Å². The first-order valence-electron chi connectivity index (χ1n) is 7.44. The van der Waals surface area contributed by atoms with E-state index in [1.807, 2.05) is 6.92 Å². The highest BCUT2D eigenvalue weighted by Gasteiger charge is 2.63. The minimum Gasteiger partial charge on any atom is -0.401 e. The maximum Gasteiger partial charge on any atom is 0.253 e. The zero-order chi connectivity index (χ0) is 14.3. The second-order valence-electron chi connectivity index (χ2n) is 6.51. The number of β-lactam (4-membered cyclic amide) rings is 1. The van der Waals surface area contributed by atoms with Crippen LogP contribution in [0.4, 0.5) is 0 Å². The van der Waals surface area contributed by atoms with Crippen molar-refractivity contribution >= 4 is 14.2 Å². The first kappa shape index (κ1) is 15.0. The molecule has 0 aromatic heterocycles. The first-order valence-corrected chi connectivity index (χ1v) is 9.97. The summed E-state index contributed by atoms with van der Waals surface area (Å²) in [6.45, 7) is 12.2. The number of rotatable bonds is 6. The fourth-order valence-corrected chi connectivity index (χ4v) is 6.46. The molecule has 4 nitrogen and oxygen atoms in total. The molecule has 2 saturated heterocycles. The molecule has 2 rings (SSSR count). The number of ether oxygens (including phenoxy) is 1. The largest absolute Gasteiger partial charge is 0.401 e. The summed E-state index contributed by atoms with van der Waals surface area (Å²) in [5.41, 5.74) is -0.606. The van der Waals surface area contributed by atoms with E-state index in [9.17, 15) is 4.79 Å². The van der Waals surface area contributed by atoms with Gasteiger partial charge in [-0.3, -0.25) is 4.79 Å². The molecule has 2 aliphatic rings. The number of hydrogen-bond acceptors (Lipinski definition) is 3. The van der Waals surface area contributed by atoms with Gasteiger partial charge in [0.25, 0.3) is 5.91 Å². The van der Waals surface area contributed by atoms with Crippen LogP contribution in [0.3, 0.4) is 0 Å². The Bertz CT molecular complexity index is 357. The molecule has 1 N–H and O–H groups in total. The van der Waals surface area contributed by atoms with Gasteiger partial charge in [-0.15, -0.1) is 0 Å². The average molecular weight is 285 g/mol. The van der Waals surface area contributed by atoms with E-state index in [-0.39, 0.29) is 17.4 Å². The van der Waals surface area contributed by atoms with Crippen LogP contribution < -0.4 is 5.32 Å². The van der Waals surface area contributed by atoms with Crippen LogP contribution in [-0.2, 0) is 14.0 Å². The SMILES string of the molecule is CC[Si](CC)(CC)O[C@@]1(C)C(=O)N[C@H]1C1(C)COC1. The van der Waals surface area contributed by atoms with Crippen molar-refractivity contribution in [1.82, 2.24) is 5.32 Å². The molecule has 5 heteroatoms. The van der Waals surface area contributed by atoms with Crippen LogP contribution in [0.5, 0.6) is 0 Å². The van der Waals surface area contributed by atoms with Crippen molar-refractivity contribution in [2.45, 2.75) is 64.4 Å². The zero-order valence-electron chi connectivity index (χ0n) is 12.8. The number of carbonyl (C=O) groups is 1. The number of carbonyl (C=O) groups excluding carboxylic acids is 1. The molecule has 19 heavy (non-hydrogen) atoms. The van der Waals surface area contributed by atoms with E-state index in [1.165, 1.54) is 0 Å². The maximum atomic E-state index is 12.1. The van der Waals surface area contributed by atoms with Crippen LogP contribution >= 0.6 is 0 Å². The lowest BCUT2D eigenvalue weighted by atomic mass is 9.68. The van der Waals surface area contributed by atoms with Crippen molar-refractivity contribution in [3.63, 3.8) is 0 Å². The number of hydrogen-bond donors (Lipinski definition) is 1. The maximum absolute atomic E-state index is 12.1. The molecule has 110 valence electrons. The zero-order valence-corrected chi connectivity index (χ0v) is 13.8.